The van der Waals surface area contributed by atoms with Gasteiger partial charge in [-0.05, 0) is 43.4 Å². The molecule has 0 fully saturated rings. The van der Waals surface area contributed by atoms with Crippen LogP contribution in [0.2, 0.25) is 0 Å². The summed E-state index contributed by atoms with van der Waals surface area (Å²) in [6.07, 6.45) is 61.1. The normalized spacial score (nSPS) is 14.5. The Kier molecular flexibility index (Phi) is 70.9. The molecule has 0 aliphatic carbocycles. The second-order valence-electron chi connectivity index (χ2n) is 30.5. The lowest BCUT2D eigenvalue weighted by atomic mass is 9.99. The maximum absolute atomic E-state index is 13.1. The van der Waals surface area contributed by atoms with E-state index in [1.54, 1.807) is 0 Å². The van der Waals surface area contributed by atoms with E-state index in [0.717, 1.165) is 114 Å². The van der Waals surface area contributed by atoms with E-state index in [4.69, 9.17) is 37.0 Å². The van der Waals surface area contributed by atoms with E-state index in [1.165, 1.54) is 231 Å². The van der Waals surface area contributed by atoms with E-state index in [1.807, 2.05) is 0 Å². The highest BCUT2D eigenvalue weighted by atomic mass is 31.2. The molecule has 600 valence electrons. The molecule has 0 saturated heterocycles. The molecule has 0 aromatic heterocycles. The number of carbonyl (C=O) groups is 4. The average molecular weight is 1480 g/mol. The highest BCUT2D eigenvalue weighted by Gasteiger charge is 2.30. The molecule has 17 nitrogen and oxygen atoms in total. The molecule has 19 heteroatoms. The Morgan fingerprint density at radius 2 is 0.505 bits per heavy atom. The number of esters is 4. The minimum atomic E-state index is -4.96. The van der Waals surface area contributed by atoms with Crippen LogP contribution in [0.15, 0.2) is 0 Å². The first kappa shape index (κ1) is 99.1. The zero-order valence-corrected chi connectivity index (χ0v) is 68.2. The molecule has 0 aliphatic rings. The fraction of sp³-hybridized carbons (Fsp3) is 0.951. The van der Waals surface area contributed by atoms with Crippen molar-refractivity contribution >= 4 is 39.5 Å². The molecule has 0 aromatic carbocycles. The third-order valence-electron chi connectivity index (χ3n) is 19.9. The van der Waals surface area contributed by atoms with Gasteiger partial charge in [0.05, 0.1) is 26.4 Å². The van der Waals surface area contributed by atoms with Crippen molar-refractivity contribution in [2.24, 2.45) is 17.8 Å². The maximum Gasteiger partial charge on any atom is 0.472 e. The van der Waals surface area contributed by atoms with E-state index in [-0.39, 0.29) is 25.7 Å². The van der Waals surface area contributed by atoms with Gasteiger partial charge in [-0.3, -0.25) is 37.3 Å². The number of aliphatic hydroxyl groups is 1. The third kappa shape index (κ3) is 73.4. The topological polar surface area (TPSA) is 237 Å². The average Bonchev–Trinajstić information content (AvgIpc) is 0.990. The van der Waals surface area contributed by atoms with Gasteiger partial charge in [-0.1, -0.05) is 376 Å². The third-order valence-corrected chi connectivity index (χ3v) is 21.8. The van der Waals surface area contributed by atoms with E-state index in [9.17, 15) is 43.2 Å². The van der Waals surface area contributed by atoms with Crippen LogP contribution in [0.5, 0.6) is 0 Å². The molecule has 0 amide bonds. The lowest BCUT2D eigenvalue weighted by molar-refractivity contribution is -0.161. The maximum atomic E-state index is 13.1. The molecular weight excluding hydrogens is 1320 g/mol. The number of rotatable bonds is 80. The van der Waals surface area contributed by atoms with E-state index in [2.05, 4.69) is 48.5 Å². The Balaban J connectivity index is 5.20. The number of phosphoric acid groups is 2. The van der Waals surface area contributed by atoms with Crippen LogP contribution in [-0.4, -0.2) is 96.7 Å². The van der Waals surface area contributed by atoms with Crippen molar-refractivity contribution in [1.82, 2.24) is 0 Å². The number of phosphoric ester groups is 2. The van der Waals surface area contributed by atoms with Crippen LogP contribution in [-0.2, 0) is 65.4 Å². The van der Waals surface area contributed by atoms with E-state index < -0.39 is 97.5 Å². The zero-order chi connectivity index (χ0) is 74.4. The largest absolute Gasteiger partial charge is 0.472 e. The predicted molar refractivity (Wildman–Crippen MR) is 414 cm³/mol. The van der Waals surface area contributed by atoms with Gasteiger partial charge in [-0.2, -0.15) is 0 Å². The fourth-order valence-corrected chi connectivity index (χ4v) is 14.2. The number of hydrogen-bond donors (Lipinski definition) is 3. The molecule has 3 N–H and O–H groups in total. The number of unbranched alkanes of at least 4 members (excludes halogenated alkanes) is 46. The van der Waals surface area contributed by atoms with Gasteiger partial charge in [0.1, 0.15) is 19.3 Å². The summed E-state index contributed by atoms with van der Waals surface area (Å²) in [6, 6.07) is 0. The van der Waals surface area contributed by atoms with Crippen LogP contribution in [0, 0.1) is 17.8 Å². The smallest absolute Gasteiger partial charge is 0.462 e. The van der Waals surface area contributed by atoms with Gasteiger partial charge in [0.25, 0.3) is 0 Å². The highest BCUT2D eigenvalue weighted by Crippen LogP contribution is 2.45. The van der Waals surface area contributed by atoms with Crippen LogP contribution in [0.25, 0.3) is 0 Å². The number of aliphatic hydroxyl groups excluding tert-OH is 1. The minimum Gasteiger partial charge on any atom is -0.462 e. The number of ether oxygens (including phenoxy) is 4. The lowest BCUT2D eigenvalue weighted by Crippen LogP contribution is -2.30. The molecule has 0 rings (SSSR count). The van der Waals surface area contributed by atoms with Gasteiger partial charge in [-0.15, -0.1) is 0 Å². The Morgan fingerprint density at radius 3 is 0.752 bits per heavy atom. The van der Waals surface area contributed by atoms with Crippen LogP contribution < -0.4 is 0 Å². The van der Waals surface area contributed by atoms with Gasteiger partial charge in [0, 0.05) is 25.7 Å². The van der Waals surface area contributed by atoms with Crippen LogP contribution in [0.4, 0.5) is 0 Å². The van der Waals surface area contributed by atoms with Crippen LogP contribution in [0.1, 0.15) is 427 Å². The standard InChI is InChI=1S/C82H160O17P2/c1-8-11-12-13-14-15-29-37-42-51-58-65-81(86)99-78(70-93-80(85)64-57-50-45-44-48-55-62-75(7)10-3)72-97-101(90,91)95-68-76(83)67-94-100(88,89)96-71-77(69-92-79(84)63-56-49-41-36-32-27-24-20-21-25-30-34-39-46-53-60-73(4)5)98-82(87)66-59-52-43-38-33-28-23-19-17-16-18-22-26-31-35-40-47-54-61-74(6)9-2/h73-78,83H,8-72H2,1-7H3,(H,88,89)(H,90,91)/t74?,75?,76-,77-,78-/m1/s1. The summed E-state index contributed by atoms with van der Waals surface area (Å²) in [7, 11) is -9.92. The van der Waals surface area contributed by atoms with Gasteiger partial charge < -0.3 is 33.8 Å². The van der Waals surface area contributed by atoms with Crippen molar-refractivity contribution in [3.8, 4) is 0 Å². The predicted octanol–water partition coefficient (Wildman–Crippen LogP) is 24.5. The van der Waals surface area contributed by atoms with Gasteiger partial charge in [0.2, 0.25) is 0 Å². The molecule has 0 saturated carbocycles. The fourth-order valence-electron chi connectivity index (χ4n) is 12.6. The van der Waals surface area contributed by atoms with Gasteiger partial charge in [0.15, 0.2) is 12.2 Å². The van der Waals surface area contributed by atoms with Crippen molar-refractivity contribution in [1.29, 1.82) is 0 Å². The van der Waals surface area contributed by atoms with Crippen molar-refractivity contribution in [3.05, 3.63) is 0 Å². The summed E-state index contributed by atoms with van der Waals surface area (Å²) >= 11 is 0. The van der Waals surface area contributed by atoms with Gasteiger partial charge in [-0.25, -0.2) is 9.13 Å². The molecule has 0 aromatic rings. The molecule has 0 heterocycles. The Labute approximate surface area is 619 Å². The SMILES string of the molecule is CCCCCCCCCCCCCC(=O)O[C@H](COC(=O)CCCCCCCCC(C)CC)COP(=O)(O)OC[C@H](O)COP(=O)(O)OC[C@@H](COC(=O)CCCCCCCCCCCCCCCCCC(C)C)OC(=O)CCCCCCCCCCCCCCCCCCCCC(C)CC. The Bertz CT molecular complexity index is 1960. The molecule has 0 aliphatic heterocycles. The van der Waals surface area contributed by atoms with Crippen molar-refractivity contribution < 1.29 is 80.2 Å². The summed E-state index contributed by atoms with van der Waals surface area (Å²) in [4.78, 5) is 73.0. The molecular formula is C82H160O17P2. The summed E-state index contributed by atoms with van der Waals surface area (Å²) in [5, 5.41) is 10.6. The summed E-state index contributed by atoms with van der Waals surface area (Å²) in [5.41, 5.74) is 0. The highest BCUT2D eigenvalue weighted by molar-refractivity contribution is 7.47. The molecule has 0 radical (unpaired) electrons. The summed E-state index contributed by atoms with van der Waals surface area (Å²) in [6.45, 7) is 12.0. The monoisotopic (exact) mass is 1480 g/mol. The van der Waals surface area contributed by atoms with E-state index in [0.29, 0.717) is 25.7 Å². The van der Waals surface area contributed by atoms with Crippen molar-refractivity contribution in [2.45, 2.75) is 446 Å². The second kappa shape index (κ2) is 72.3. The Morgan fingerprint density at radius 1 is 0.287 bits per heavy atom. The number of carbonyl (C=O) groups excluding carboxylic acids is 4. The molecule has 0 spiro atoms. The first-order chi connectivity index (χ1) is 48.8. The molecule has 4 unspecified atom stereocenters. The van der Waals surface area contributed by atoms with Crippen molar-refractivity contribution in [2.75, 3.05) is 39.6 Å². The lowest BCUT2D eigenvalue weighted by Gasteiger charge is -2.21. The Hall–Kier alpha value is -1.94. The zero-order valence-electron chi connectivity index (χ0n) is 66.4. The second-order valence-corrected chi connectivity index (χ2v) is 33.4. The molecule has 0 bridgehead atoms. The minimum absolute atomic E-state index is 0.106. The van der Waals surface area contributed by atoms with Crippen LogP contribution in [0.3, 0.4) is 0 Å². The van der Waals surface area contributed by atoms with E-state index >= 15 is 0 Å². The summed E-state index contributed by atoms with van der Waals surface area (Å²) < 4.78 is 68.7. The van der Waals surface area contributed by atoms with Gasteiger partial charge >= 0.3 is 39.5 Å². The quantitative estimate of drug-likeness (QED) is 0.0222. The van der Waals surface area contributed by atoms with Crippen LogP contribution >= 0.6 is 15.6 Å². The molecule has 101 heavy (non-hydrogen) atoms. The van der Waals surface area contributed by atoms with Crippen molar-refractivity contribution in [3.63, 3.8) is 0 Å². The number of hydrogen-bond acceptors (Lipinski definition) is 15. The molecule has 7 atom stereocenters. The first-order valence-corrected chi connectivity index (χ1v) is 45.4. The summed E-state index contributed by atoms with van der Waals surface area (Å²) in [5.74, 6) is 0.297. The first-order valence-electron chi connectivity index (χ1n) is 42.4.